The summed E-state index contributed by atoms with van der Waals surface area (Å²) < 4.78 is 33.1. The third-order valence-electron chi connectivity index (χ3n) is 6.90. The van der Waals surface area contributed by atoms with E-state index in [2.05, 4.69) is 26.0 Å². The SMILES string of the molecule is CCC(C)c1ccc(OCCC(=O)Oc2c(COC)cc(-c3cc(COC)c(O)c(COC)c3)cc2COC)cc1. The molecule has 0 aliphatic carbocycles. The quantitative estimate of drug-likeness (QED) is 0.155. The molecule has 0 spiro atoms. The summed E-state index contributed by atoms with van der Waals surface area (Å²) in [6, 6.07) is 15.6. The lowest BCUT2D eigenvalue weighted by Gasteiger charge is -2.18. The second kappa shape index (κ2) is 16.1. The zero-order valence-corrected chi connectivity index (χ0v) is 25.0. The largest absolute Gasteiger partial charge is 0.507 e. The van der Waals surface area contributed by atoms with Gasteiger partial charge in [-0.25, -0.2) is 0 Å². The summed E-state index contributed by atoms with van der Waals surface area (Å²) in [6.07, 6.45) is 1.15. The Bertz CT molecular complexity index is 1210. The molecule has 3 aromatic carbocycles. The second-order valence-electron chi connectivity index (χ2n) is 9.95. The first kappa shape index (κ1) is 32.1. The number of phenolic OH excluding ortho intramolecular Hbond substituents is 1. The first-order chi connectivity index (χ1) is 19.8. The highest BCUT2D eigenvalue weighted by Crippen LogP contribution is 2.36. The number of benzene rings is 3. The highest BCUT2D eigenvalue weighted by molar-refractivity contribution is 5.76. The van der Waals surface area contributed by atoms with E-state index in [1.54, 1.807) is 28.4 Å². The fourth-order valence-corrected chi connectivity index (χ4v) is 4.58. The first-order valence-electron chi connectivity index (χ1n) is 13.7. The minimum Gasteiger partial charge on any atom is -0.507 e. The van der Waals surface area contributed by atoms with E-state index in [1.807, 2.05) is 36.4 Å². The lowest BCUT2D eigenvalue weighted by atomic mass is 9.95. The van der Waals surface area contributed by atoms with Gasteiger partial charge >= 0.3 is 5.97 Å². The fourth-order valence-electron chi connectivity index (χ4n) is 4.58. The van der Waals surface area contributed by atoms with Crippen molar-refractivity contribution in [2.45, 2.75) is 59.0 Å². The van der Waals surface area contributed by atoms with Crippen molar-refractivity contribution in [2.75, 3.05) is 35.0 Å². The van der Waals surface area contributed by atoms with E-state index in [4.69, 9.17) is 28.4 Å². The number of hydrogen-bond acceptors (Lipinski definition) is 8. The van der Waals surface area contributed by atoms with Crippen LogP contribution in [0.5, 0.6) is 17.2 Å². The van der Waals surface area contributed by atoms with Gasteiger partial charge in [0.1, 0.15) is 17.2 Å². The van der Waals surface area contributed by atoms with Crippen LogP contribution in [-0.2, 0) is 50.2 Å². The van der Waals surface area contributed by atoms with Crippen LogP contribution >= 0.6 is 0 Å². The summed E-state index contributed by atoms with van der Waals surface area (Å²) >= 11 is 0. The van der Waals surface area contributed by atoms with Gasteiger partial charge in [-0.1, -0.05) is 26.0 Å². The zero-order valence-electron chi connectivity index (χ0n) is 25.0. The van der Waals surface area contributed by atoms with Gasteiger partial charge in [0, 0.05) is 50.7 Å². The summed E-state index contributed by atoms with van der Waals surface area (Å²) in [5.74, 6) is 1.34. The number of esters is 1. The standard InChI is InChI=1S/C33H42O8/c1-7-22(2)23-8-10-30(11-9-23)40-13-12-31(34)41-33-28(20-38-5)16-25(17-29(33)21-39-6)24-14-26(18-36-3)32(35)27(15-24)19-37-4/h8-11,14-17,22,35H,7,12-13,18-21H2,1-6H3. The lowest BCUT2D eigenvalue weighted by molar-refractivity contribution is -0.135. The van der Waals surface area contributed by atoms with Crippen molar-refractivity contribution < 1.29 is 38.3 Å². The van der Waals surface area contributed by atoms with Crippen LogP contribution in [0.25, 0.3) is 11.1 Å². The lowest BCUT2D eigenvalue weighted by Crippen LogP contribution is -2.15. The Balaban J connectivity index is 1.83. The molecule has 0 aliphatic rings. The van der Waals surface area contributed by atoms with Crippen molar-refractivity contribution in [1.82, 2.24) is 0 Å². The topological polar surface area (TPSA) is 92.7 Å². The van der Waals surface area contributed by atoms with Crippen molar-refractivity contribution in [3.63, 3.8) is 0 Å². The molecule has 8 heteroatoms. The van der Waals surface area contributed by atoms with Crippen molar-refractivity contribution in [2.24, 2.45) is 0 Å². The Morgan fingerprint density at radius 3 is 1.68 bits per heavy atom. The minimum absolute atomic E-state index is 0.0758. The molecule has 1 unspecified atom stereocenters. The van der Waals surface area contributed by atoms with Gasteiger partial charge in [-0.2, -0.15) is 0 Å². The minimum atomic E-state index is -0.418. The molecule has 0 bridgehead atoms. The maximum absolute atomic E-state index is 12.9. The smallest absolute Gasteiger partial charge is 0.314 e. The molecule has 0 saturated heterocycles. The molecule has 222 valence electrons. The van der Waals surface area contributed by atoms with Gasteiger partial charge in [0.25, 0.3) is 0 Å². The third kappa shape index (κ3) is 8.78. The van der Waals surface area contributed by atoms with Gasteiger partial charge in [0.05, 0.1) is 39.5 Å². The molecular formula is C33H42O8. The number of carbonyl (C=O) groups is 1. The molecule has 0 radical (unpaired) electrons. The van der Waals surface area contributed by atoms with Crippen molar-refractivity contribution in [1.29, 1.82) is 0 Å². The number of phenols is 1. The molecule has 0 aliphatic heterocycles. The van der Waals surface area contributed by atoms with E-state index in [0.717, 1.165) is 17.5 Å². The molecule has 0 amide bonds. The maximum atomic E-state index is 12.9. The Labute approximate surface area is 243 Å². The van der Waals surface area contributed by atoms with Crippen molar-refractivity contribution in [3.05, 3.63) is 76.3 Å². The summed E-state index contributed by atoms with van der Waals surface area (Å²) in [7, 11) is 6.33. The van der Waals surface area contributed by atoms with E-state index in [0.29, 0.717) is 39.7 Å². The Morgan fingerprint density at radius 1 is 0.756 bits per heavy atom. The van der Waals surface area contributed by atoms with Crippen LogP contribution in [0.4, 0.5) is 0 Å². The van der Waals surface area contributed by atoms with Crippen molar-refractivity contribution >= 4 is 5.97 Å². The number of hydrogen-bond donors (Lipinski definition) is 1. The molecule has 3 aromatic rings. The Hall–Kier alpha value is -3.43. The highest BCUT2D eigenvalue weighted by Gasteiger charge is 2.19. The monoisotopic (exact) mass is 566 g/mol. The third-order valence-corrected chi connectivity index (χ3v) is 6.90. The highest BCUT2D eigenvalue weighted by atomic mass is 16.5. The van der Waals surface area contributed by atoms with Gasteiger partial charge in [-0.05, 0) is 65.4 Å². The van der Waals surface area contributed by atoms with E-state index < -0.39 is 5.97 Å². The van der Waals surface area contributed by atoms with Gasteiger partial charge in [0.2, 0.25) is 0 Å². The molecule has 3 rings (SSSR count). The molecule has 0 heterocycles. The molecule has 0 fully saturated rings. The Kier molecular flexibility index (Phi) is 12.6. The Morgan fingerprint density at radius 2 is 1.22 bits per heavy atom. The average Bonchev–Trinajstić information content (AvgIpc) is 2.97. The average molecular weight is 567 g/mol. The van der Waals surface area contributed by atoms with Gasteiger partial charge < -0.3 is 33.5 Å². The summed E-state index contributed by atoms with van der Waals surface area (Å²) in [5.41, 5.74) is 5.64. The molecule has 41 heavy (non-hydrogen) atoms. The molecule has 8 nitrogen and oxygen atoms in total. The molecular weight excluding hydrogens is 524 g/mol. The van der Waals surface area contributed by atoms with E-state index in [9.17, 15) is 9.90 Å². The first-order valence-corrected chi connectivity index (χ1v) is 13.7. The molecule has 0 saturated carbocycles. The molecule has 1 atom stereocenters. The van der Waals surface area contributed by atoms with Crippen LogP contribution in [0, 0.1) is 0 Å². The normalized spacial score (nSPS) is 11.9. The van der Waals surface area contributed by atoms with Crippen LogP contribution in [0.15, 0.2) is 48.5 Å². The summed E-state index contributed by atoms with van der Waals surface area (Å²) in [5, 5.41) is 10.7. The molecule has 1 N–H and O–H groups in total. The van der Waals surface area contributed by atoms with Crippen LogP contribution < -0.4 is 9.47 Å². The van der Waals surface area contributed by atoms with Crippen LogP contribution in [-0.4, -0.2) is 46.1 Å². The van der Waals surface area contributed by atoms with Gasteiger partial charge in [0.15, 0.2) is 0 Å². The number of methoxy groups -OCH3 is 4. The second-order valence-corrected chi connectivity index (χ2v) is 9.95. The van der Waals surface area contributed by atoms with E-state index in [1.165, 1.54) is 5.56 Å². The van der Waals surface area contributed by atoms with Crippen molar-refractivity contribution in [3.8, 4) is 28.4 Å². The van der Waals surface area contributed by atoms with Crippen LogP contribution in [0.2, 0.25) is 0 Å². The number of aromatic hydroxyl groups is 1. The predicted octanol–water partition coefficient (Wildman–Crippen LogP) is 6.53. The summed E-state index contributed by atoms with van der Waals surface area (Å²) in [4.78, 5) is 12.9. The molecule has 0 aromatic heterocycles. The predicted molar refractivity (Wildman–Crippen MR) is 157 cm³/mol. The number of carbonyl (C=O) groups excluding carboxylic acids is 1. The number of ether oxygens (including phenoxy) is 6. The fraction of sp³-hybridized carbons (Fsp3) is 0.424. The van der Waals surface area contributed by atoms with Gasteiger partial charge in [-0.3, -0.25) is 4.79 Å². The van der Waals surface area contributed by atoms with E-state index in [-0.39, 0.29) is 45.2 Å². The maximum Gasteiger partial charge on any atom is 0.314 e. The zero-order chi connectivity index (χ0) is 29.8. The van der Waals surface area contributed by atoms with Crippen LogP contribution in [0.3, 0.4) is 0 Å². The van der Waals surface area contributed by atoms with Crippen LogP contribution in [0.1, 0.15) is 60.4 Å². The van der Waals surface area contributed by atoms with Gasteiger partial charge in [-0.15, -0.1) is 0 Å². The van der Waals surface area contributed by atoms with E-state index >= 15 is 0 Å². The number of rotatable bonds is 16. The summed E-state index contributed by atoms with van der Waals surface area (Å²) in [6.45, 7) is 5.47.